The molecule has 0 radical (unpaired) electrons. The number of methoxy groups -OCH3 is 2. The smallest absolute Gasteiger partial charge is 0.373 e. The molecule has 0 aromatic carbocycles. The molecule has 0 spiro atoms. The second-order valence-corrected chi connectivity index (χ2v) is 10.9. The summed E-state index contributed by atoms with van der Waals surface area (Å²) in [7, 11) is 2.61. The Morgan fingerprint density at radius 1 is 0.778 bits per heavy atom. The van der Waals surface area contributed by atoms with Gasteiger partial charge in [-0.15, -0.1) is 0 Å². The van der Waals surface area contributed by atoms with Crippen molar-refractivity contribution < 1.29 is 57.4 Å². The number of ketones is 2. The van der Waals surface area contributed by atoms with Crippen LogP contribution in [-0.4, -0.2) is 71.6 Å². The summed E-state index contributed by atoms with van der Waals surface area (Å²) in [6, 6.07) is 0. The quantitative estimate of drug-likeness (QED) is 0.272. The summed E-state index contributed by atoms with van der Waals surface area (Å²) in [4.78, 5) is 100. The van der Waals surface area contributed by atoms with E-state index in [1.807, 2.05) is 13.8 Å². The predicted octanol–water partition coefficient (Wildman–Crippen LogP) is 3.30. The zero-order valence-corrected chi connectivity index (χ0v) is 26.0. The number of aromatic nitrogens is 2. The first-order valence-electron chi connectivity index (χ1n) is 13.5. The molecule has 2 aromatic heterocycles. The fourth-order valence-electron chi connectivity index (χ4n) is 4.94. The van der Waals surface area contributed by atoms with Gasteiger partial charge < -0.3 is 14.2 Å². The zero-order valence-electron chi connectivity index (χ0n) is 26.0. The molecule has 2 aliphatic rings. The van der Waals surface area contributed by atoms with Gasteiger partial charge in [0.05, 0.1) is 25.3 Å². The molecule has 14 nitrogen and oxygen atoms in total. The number of carbonyl (C=O) groups is 5. The number of ether oxygens (including phenoxy) is 3. The molecule has 0 amide bonds. The lowest BCUT2D eigenvalue weighted by Crippen LogP contribution is -2.37. The van der Waals surface area contributed by atoms with E-state index < -0.39 is 29.4 Å². The standard InChI is InChI=1S/C17H21NO5.C12H13NO3.2CO2/c1-9-6-10(16(21)23-17(2,3)4)14(19)11-7-18-8-12(13(9)11)15(20)22-5;1-7-3-4-10(14)8-5-13-6-9(11(7)8)12(15)16-2;2*2-1-3/h7-10H,6H2,1-5H3;5-7H,3-4H2,1-2H3;;. The van der Waals surface area contributed by atoms with Gasteiger partial charge in [-0.05, 0) is 56.6 Å². The molecule has 0 fully saturated rings. The van der Waals surface area contributed by atoms with Crippen LogP contribution in [0.2, 0.25) is 0 Å². The summed E-state index contributed by atoms with van der Waals surface area (Å²) in [5.41, 5.74) is 2.28. The first-order chi connectivity index (χ1) is 21.1. The molecular weight excluding hydrogens is 592 g/mol. The van der Waals surface area contributed by atoms with Crippen LogP contribution >= 0.6 is 0 Å². The van der Waals surface area contributed by atoms with E-state index >= 15 is 0 Å². The highest BCUT2D eigenvalue weighted by Crippen LogP contribution is 2.37. The van der Waals surface area contributed by atoms with Crippen molar-refractivity contribution in [2.45, 2.75) is 71.3 Å². The Kier molecular flexibility index (Phi) is 14.5. The predicted molar refractivity (Wildman–Crippen MR) is 150 cm³/mol. The van der Waals surface area contributed by atoms with Gasteiger partial charge >= 0.3 is 30.2 Å². The van der Waals surface area contributed by atoms with Crippen molar-refractivity contribution >= 4 is 41.8 Å². The van der Waals surface area contributed by atoms with Crippen LogP contribution in [0.15, 0.2) is 24.8 Å². The summed E-state index contributed by atoms with van der Waals surface area (Å²) in [6.45, 7) is 9.15. The Morgan fingerprint density at radius 3 is 1.67 bits per heavy atom. The number of rotatable bonds is 3. The third kappa shape index (κ3) is 9.92. The average molecular weight is 627 g/mol. The number of hydrogen-bond acceptors (Lipinski definition) is 14. The fourth-order valence-corrected chi connectivity index (χ4v) is 4.94. The van der Waals surface area contributed by atoms with Crippen LogP contribution < -0.4 is 0 Å². The number of nitrogens with zero attached hydrogens (tertiary/aromatic N) is 2. The van der Waals surface area contributed by atoms with Gasteiger partial charge in [-0.25, -0.2) is 9.59 Å². The molecule has 45 heavy (non-hydrogen) atoms. The molecule has 0 saturated heterocycles. The minimum absolute atomic E-state index is 0.0614. The van der Waals surface area contributed by atoms with Crippen LogP contribution in [0.4, 0.5) is 0 Å². The molecule has 0 bridgehead atoms. The maximum Gasteiger partial charge on any atom is 0.373 e. The van der Waals surface area contributed by atoms with Crippen molar-refractivity contribution in [2.75, 3.05) is 14.2 Å². The maximum absolute atomic E-state index is 12.7. The summed E-state index contributed by atoms with van der Waals surface area (Å²) in [5, 5.41) is 0. The number of fused-ring (bicyclic) bond motifs is 2. The van der Waals surface area contributed by atoms with Gasteiger partial charge in [0.1, 0.15) is 11.5 Å². The van der Waals surface area contributed by atoms with E-state index in [1.165, 1.54) is 32.8 Å². The number of pyridine rings is 2. The number of carbonyl (C=O) groups excluding carboxylic acids is 9. The largest absolute Gasteiger partial charge is 0.465 e. The molecule has 0 saturated carbocycles. The van der Waals surface area contributed by atoms with Crippen molar-refractivity contribution in [2.24, 2.45) is 5.92 Å². The molecule has 0 aliphatic heterocycles. The minimum atomic E-state index is -0.869. The fraction of sp³-hybridized carbons (Fsp3) is 0.452. The van der Waals surface area contributed by atoms with Crippen LogP contribution in [0.5, 0.6) is 0 Å². The van der Waals surface area contributed by atoms with Crippen LogP contribution in [0, 0.1) is 5.92 Å². The van der Waals surface area contributed by atoms with Gasteiger partial charge in [0.25, 0.3) is 0 Å². The molecule has 2 aliphatic carbocycles. The zero-order chi connectivity index (χ0) is 34.5. The second-order valence-electron chi connectivity index (χ2n) is 10.9. The first kappa shape index (κ1) is 37.8. The molecule has 14 heteroatoms. The number of Topliss-reactive ketones (excluding diaryl/α,β-unsaturated/α-hetero) is 2. The summed E-state index contributed by atoms with van der Waals surface area (Å²) >= 11 is 0. The van der Waals surface area contributed by atoms with Crippen molar-refractivity contribution in [1.29, 1.82) is 0 Å². The van der Waals surface area contributed by atoms with Crippen LogP contribution in [-0.2, 0) is 38.2 Å². The average Bonchev–Trinajstić information content (AvgIpc) is 2.99. The highest BCUT2D eigenvalue weighted by atomic mass is 16.6. The van der Waals surface area contributed by atoms with E-state index in [0.717, 1.165) is 12.0 Å². The first-order valence-corrected chi connectivity index (χ1v) is 13.5. The molecule has 2 aromatic rings. The van der Waals surface area contributed by atoms with Crippen molar-refractivity contribution in [3.8, 4) is 0 Å². The molecule has 4 rings (SSSR count). The van der Waals surface area contributed by atoms with Crippen molar-refractivity contribution in [1.82, 2.24) is 9.97 Å². The van der Waals surface area contributed by atoms with Gasteiger partial charge in [0.15, 0.2) is 11.6 Å². The van der Waals surface area contributed by atoms with Crippen LogP contribution in [0.3, 0.4) is 0 Å². The Bertz CT molecular complexity index is 1480. The summed E-state index contributed by atoms with van der Waals surface area (Å²) in [6.07, 6.45) is 7.91. The van der Waals surface area contributed by atoms with Crippen molar-refractivity contribution in [3.63, 3.8) is 0 Å². The lowest BCUT2D eigenvalue weighted by molar-refractivity contribution is -0.193. The molecule has 2 heterocycles. The second kappa shape index (κ2) is 17.2. The minimum Gasteiger partial charge on any atom is -0.465 e. The van der Waals surface area contributed by atoms with E-state index in [2.05, 4.69) is 9.97 Å². The maximum atomic E-state index is 12.7. The molecular formula is C31H34N2O12. The van der Waals surface area contributed by atoms with Gasteiger partial charge in [-0.2, -0.15) is 19.2 Å². The lowest BCUT2D eigenvalue weighted by Gasteiger charge is -2.30. The van der Waals surface area contributed by atoms with E-state index in [9.17, 15) is 24.0 Å². The molecule has 3 atom stereocenters. The summed E-state index contributed by atoms with van der Waals surface area (Å²) in [5.74, 6) is -2.62. The van der Waals surface area contributed by atoms with Gasteiger partial charge in [0.2, 0.25) is 0 Å². The summed E-state index contributed by atoms with van der Waals surface area (Å²) < 4.78 is 14.8. The van der Waals surface area contributed by atoms with E-state index in [-0.39, 0.29) is 41.3 Å². The number of esters is 3. The van der Waals surface area contributed by atoms with Gasteiger partial charge in [0, 0.05) is 42.3 Å². The van der Waals surface area contributed by atoms with Gasteiger partial charge in [-0.3, -0.25) is 24.4 Å². The normalized spacial score (nSPS) is 17.7. The topological polar surface area (TPSA) is 207 Å². The molecule has 0 N–H and O–H groups in total. The molecule has 240 valence electrons. The van der Waals surface area contributed by atoms with E-state index in [0.29, 0.717) is 35.1 Å². The highest BCUT2D eigenvalue weighted by molar-refractivity contribution is 6.12. The Labute approximate surface area is 258 Å². The Balaban J connectivity index is 0.000000399. The molecule has 3 unspecified atom stereocenters. The van der Waals surface area contributed by atoms with Crippen LogP contribution in [0.1, 0.15) is 118 Å². The third-order valence-corrected chi connectivity index (χ3v) is 6.74. The van der Waals surface area contributed by atoms with Crippen molar-refractivity contribution in [3.05, 3.63) is 58.2 Å². The third-order valence-electron chi connectivity index (χ3n) is 6.74. The van der Waals surface area contributed by atoms with E-state index in [1.54, 1.807) is 27.0 Å². The monoisotopic (exact) mass is 626 g/mol. The number of hydrogen-bond donors (Lipinski definition) is 0. The SMILES string of the molecule is COC(=O)c1cncc2c1C(C)CC(C(=O)OC(C)(C)C)C2=O.COC(=O)c1cncc2c1C(C)CCC2=O.O=C=O.O=C=O. The van der Waals surface area contributed by atoms with Gasteiger partial charge in [-0.1, -0.05) is 13.8 Å². The Morgan fingerprint density at radius 2 is 1.22 bits per heavy atom. The Hall–Kier alpha value is -5.19. The van der Waals surface area contributed by atoms with Crippen LogP contribution in [0.25, 0.3) is 0 Å². The highest BCUT2D eigenvalue weighted by Gasteiger charge is 2.40. The van der Waals surface area contributed by atoms with E-state index in [4.69, 9.17) is 33.4 Å². The lowest BCUT2D eigenvalue weighted by atomic mass is 9.76.